The molecule has 0 bridgehead atoms. The first-order valence-corrected chi connectivity index (χ1v) is 6.47. The Morgan fingerprint density at radius 2 is 1.75 bits per heavy atom. The minimum Gasteiger partial charge on any atom is -0.497 e. The zero-order valence-electron chi connectivity index (χ0n) is 11.5. The van der Waals surface area contributed by atoms with E-state index in [1.807, 2.05) is 48.5 Å². The molecule has 0 amide bonds. The Kier molecular flexibility index (Phi) is 5.26. The molecule has 106 valence electrons. The normalized spacial score (nSPS) is 10.2. The van der Waals surface area contributed by atoms with Crippen LogP contribution in [0, 0.1) is 0 Å². The molecule has 20 heavy (non-hydrogen) atoms. The van der Waals surface area contributed by atoms with E-state index in [2.05, 4.69) is 0 Å². The second-order valence-electron chi connectivity index (χ2n) is 4.32. The van der Waals surface area contributed by atoms with Crippen molar-refractivity contribution in [1.29, 1.82) is 0 Å². The van der Waals surface area contributed by atoms with Crippen LogP contribution in [0.2, 0.25) is 0 Å². The number of nitrogen functional groups attached to an aromatic ring is 1. The van der Waals surface area contributed by atoms with Crippen LogP contribution in [0.15, 0.2) is 48.5 Å². The number of hydrogen-bond acceptors (Lipinski definition) is 4. The highest BCUT2D eigenvalue weighted by atomic mass is 16.5. The van der Waals surface area contributed by atoms with Crippen LogP contribution in [-0.4, -0.2) is 20.3 Å². The molecule has 2 aromatic rings. The molecule has 0 aromatic heterocycles. The monoisotopic (exact) mass is 273 g/mol. The van der Waals surface area contributed by atoms with Gasteiger partial charge < -0.3 is 19.9 Å². The van der Waals surface area contributed by atoms with E-state index in [4.69, 9.17) is 19.9 Å². The summed E-state index contributed by atoms with van der Waals surface area (Å²) < 4.78 is 16.3. The van der Waals surface area contributed by atoms with Crippen molar-refractivity contribution >= 4 is 5.69 Å². The molecule has 0 unspecified atom stereocenters. The Bertz CT molecular complexity index is 526. The van der Waals surface area contributed by atoms with E-state index in [0.29, 0.717) is 19.8 Å². The Hall–Kier alpha value is -2.20. The topological polar surface area (TPSA) is 53.7 Å². The third kappa shape index (κ3) is 4.48. The number of hydrogen-bond donors (Lipinski definition) is 1. The summed E-state index contributed by atoms with van der Waals surface area (Å²) in [5.74, 6) is 1.63. The lowest BCUT2D eigenvalue weighted by atomic mass is 10.2. The summed E-state index contributed by atoms with van der Waals surface area (Å²) in [4.78, 5) is 0. The first kappa shape index (κ1) is 14.2. The van der Waals surface area contributed by atoms with Gasteiger partial charge in [-0.15, -0.1) is 0 Å². The van der Waals surface area contributed by atoms with Crippen LogP contribution in [0.3, 0.4) is 0 Å². The zero-order chi connectivity index (χ0) is 14.2. The van der Waals surface area contributed by atoms with E-state index in [1.165, 1.54) is 0 Å². The molecule has 2 N–H and O–H groups in total. The van der Waals surface area contributed by atoms with E-state index in [0.717, 1.165) is 22.7 Å². The average molecular weight is 273 g/mol. The molecular formula is C16H19NO3. The van der Waals surface area contributed by atoms with Gasteiger partial charge >= 0.3 is 0 Å². The fourth-order valence-corrected chi connectivity index (χ4v) is 1.73. The summed E-state index contributed by atoms with van der Waals surface area (Å²) in [7, 11) is 1.65. The maximum Gasteiger partial charge on any atom is 0.119 e. The summed E-state index contributed by atoms with van der Waals surface area (Å²) >= 11 is 0. The van der Waals surface area contributed by atoms with Gasteiger partial charge in [0.1, 0.15) is 18.1 Å². The van der Waals surface area contributed by atoms with Crippen molar-refractivity contribution in [2.24, 2.45) is 0 Å². The Morgan fingerprint density at radius 1 is 0.950 bits per heavy atom. The highest BCUT2D eigenvalue weighted by Crippen LogP contribution is 2.14. The van der Waals surface area contributed by atoms with E-state index in [9.17, 15) is 0 Å². The quantitative estimate of drug-likeness (QED) is 0.622. The SMILES string of the molecule is COc1cccc(COCCOc2ccc(N)cc2)c1. The largest absolute Gasteiger partial charge is 0.497 e. The smallest absolute Gasteiger partial charge is 0.119 e. The average Bonchev–Trinajstić information content (AvgIpc) is 2.49. The van der Waals surface area contributed by atoms with Crippen LogP contribution < -0.4 is 15.2 Å². The molecule has 0 aliphatic rings. The lowest BCUT2D eigenvalue weighted by Gasteiger charge is -2.08. The summed E-state index contributed by atoms with van der Waals surface area (Å²) in [6, 6.07) is 15.1. The minimum atomic E-state index is 0.508. The molecule has 2 aromatic carbocycles. The van der Waals surface area contributed by atoms with Crippen LogP contribution >= 0.6 is 0 Å². The molecule has 0 aliphatic heterocycles. The molecule has 0 radical (unpaired) electrons. The highest BCUT2D eigenvalue weighted by Gasteiger charge is 1.97. The van der Waals surface area contributed by atoms with Crippen LogP contribution in [0.4, 0.5) is 5.69 Å². The first-order chi connectivity index (χ1) is 9.78. The van der Waals surface area contributed by atoms with Gasteiger partial charge in [0.15, 0.2) is 0 Å². The number of benzene rings is 2. The molecule has 4 heteroatoms. The van der Waals surface area contributed by atoms with Crippen molar-refractivity contribution in [3.8, 4) is 11.5 Å². The van der Waals surface area contributed by atoms with Crippen LogP contribution in [0.1, 0.15) is 5.56 Å². The third-order valence-corrected chi connectivity index (χ3v) is 2.78. The maximum atomic E-state index is 5.60. The number of nitrogens with two attached hydrogens (primary N) is 1. The van der Waals surface area contributed by atoms with Gasteiger partial charge in [0.05, 0.1) is 20.3 Å². The molecular weight excluding hydrogens is 254 g/mol. The lowest BCUT2D eigenvalue weighted by Crippen LogP contribution is -2.06. The van der Waals surface area contributed by atoms with Gasteiger partial charge in [-0.2, -0.15) is 0 Å². The molecule has 0 fully saturated rings. The Labute approximate surface area is 119 Å². The number of methoxy groups -OCH3 is 1. The number of ether oxygens (including phenoxy) is 3. The predicted molar refractivity (Wildman–Crippen MR) is 79.0 cm³/mol. The van der Waals surface area contributed by atoms with Crippen LogP contribution in [-0.2, 0) is 11.3 Å². The van der Waals surface area contributed by atoms with E-state index < -0.39 is 0 Å². The van der Waals surface area contributed by atoms with Crippen molar-refractivity contribution < 1.29 is 14.2 Å². The molecule has 0 saturated heterocycles. The van der Waals surface area contributed by atoms with E-state index in [-0.39, 0.29) is 0 Å². The van der Waals surface area contributed by atoms with Crippen molar-refractivity contribution in [2.45, 2.75) is 6.61 Å². The fraction of sp³-hybridized carbons (Fsp3) is 0.250. The van der Waals surface area contributed by atoms with Gasteiger partial charge in [0, 0.05) is 5.69 Å². The van der Waals surface area contributed by atoms with Gasteiger partial charge in [-0.05, 0) is 42.0 Å². The first-order valence-electron chi connectivity index (χ1n) is 6.47. The van der Waals surface area contributed by atoms with Crippen molar-refractivity contribution in [3.63, 3.8) is 0 Å². The van der Waals surface area contributed by atoms with Gasteiger partial charge in [-0.3, -0.25) is 0 Å². The second kappa shape index (κ2) is 7.40. The Morgan fingerprint density at radius 3 is 2.50 bits per heavy atom. The van der Waals surface area contributed by atoms with Gasteiger partial charge in [-0.1, -0.05) is 12.1 Å². The molecule has 0 saturated carbocycles. The number of anilines is 1. The van der Waals surface area contributed by atoms with Gasteiger partial charge in [0.2, 0.25) is 0 Å². The van der Waals surface area contributed by atoms with Gasteiger partial charge in [-0.25, -0.2) is 0 Å². The predicted octanol–water partition coefficient (Wildman–Crippen LogP) is 2.87. The summed E-state index contributed by atoms with van der Waals surface area (Å²) in [5, 5.41) is 0. The number of rotatable bonds is 7. The molecule has 0 heterocycles. The Balaban J connectivity index is 1.67. The molecule has 2 rings (SSSR count). The third-order valence-electron chi connectivity index (χ3n) is 2.78. The van der Waals surface area contributed by atoms with Crippen LogP contribution in [0.25, 0.3) is 0 Å². The fourth-order valence-electron chi connectivity index (χ4n) is 1.73. The minimum absolute atomic E-state index is 0.508. The standard InChI is InChI=1S/C16H19NO3/c1-18-16-4-2-3-13(11-16)12-19-9-10-20-15-7-5-14(17)6-8-15/h2-8,11H,9-10,12,17H2,1H3. The zero-order valence-corrected chi connectivity index (χ0v) is 11.5. The summed E-state index contributed by atoms with van der Waals surface area (Å²) in [6.07, 6.45) is 0. The molecule has 4 nitrogen and oxygen atoms in total. The maximum absolute atomic E-state index is 5.60. The second-order valence-corrected chi connectivity index (χ2v) is 4.32. The van der Waals surface area contributed by atoms with E-state index in [1.54, 1.807) is 7.11 Å². The highest BCUT2D eigenvalue weighted by molar-refractivity contribution is 5.41. The lowest BCUT2D eigenvalue weighted by molar-refractivity contribution is 0.0888. The summed E-state index contributed by atoms with van der Waals surface area (Å²) in [6.45, 7) is 1.58. The van der Waals surface area contributed by atoms with Crippen molar-refractivity contribution in [2.75, 3.05) is 26.1 Å². The molecule has 0 spiro atoms. The van der Waals surface area contributed by atoms with Crippen LogP contribution in [0.5, 0.6) is 11.5 Å². The van der Waals surface area contributed by atoms with Gasteiger partial charge in [0.25, 0.3) is 0 Å². The van der Waals surface area contributed by atoms with Crippen molar-refractivity contribution in [1.82, 2.24) is 0 Å². The molecule has 0 aliphatic carbocycles. The summed E-state index contributed by atoms with van der Waals surface area (Å²) in [5.41, 5.74) is 7.41. The van der Waals surface area contributed by atoms with E-state index >= 15 is 0 Å². The molecule has 0 atom stereocenters. The van der Waals surface area contributed by atoms with Crippen molar-refractivity contribution in [3.05, 3.63) is 54.1 Å².